The molecule has 0 aliphatic heterocycles. The summed E-state index contributed by atoms with van der Waals surface area (Å²) in [5, 5.41) is 0. The maximum absolute atomic E-state index is 13.3. The van der Waals surface area contributed by atoms with E-state index in [0.29, 0.717) is 22.8 Å². The second-order valence-corrected chi connectivity index (χ2v) is 16.6. The maximum Gasteiger partial charge on any atom is 0.343 e. The van der Waals surface area contributed by atoms with Gasteiger partial charge in [-0.1, -0.05) is 65.8 Å². The first kappa shape index (κ1) is 34.5. The van der Waals surface area contributed by atoms with Crippen molar-refractivity contribution < 1.29 is 19.1 Å². The molecule has 1 aliphatic rings. The third kappa shape index (κ3) is 7.54. The number of carbonyl (C=O) groups is 2. The molecule has 4 nitrogen and oxygen atoms in total. The number of benzene rings is 3. The normalized spacial score (nSPS) is 20.1. The second kappa shape index (κ2) is 12.1. The SMILES string of the molecule is Cc1cc(C2(c3cc(C)c(C(C)(C)C)c(C)c3)CC(C)CC(C)(C)C2)cc(C)c1OC(=O)c1ccc(C(=O)OC(C)(C)C)cc1. The summed E-state index contributed by atoms with van der Waals surface area (Å²) in [5.74, 6) is 0.292. The molecule has 0 aromatic heterocycles. The van der Waals surface area contributed by atoms with E-state index in [-0.39, 0.29) is 16.2 Å². The molecule has 0 radical (unpaired) electrons. The first-order chi connectivity index (χ1) is 20.6. The lowest BCUT2D eigenvalue weighted by molar-refractivity contribution is 0.00691. The molecular formula is C41H54O4. The molecular weight excluding hydrogens is 556 g/mol. The Morgan fingerprint density at radius 2 is 1.16 bits per heavy atom. The molecule has 3 aromatic carbocycles. The molecule has 0 amide bonds. The third-order valence-electron chi connectivity index (χ3n) is 9.18. The van der Waals surface area contributed by atoms with Crippen molar-refractivity contribution in [2.75, 3.05) is 0 Å². The maximum atomic E-state index is 13.3. The van der Waals surface area contributed by atoms with Gasteiger partial charge in [0.1, 0.15) is 11.4 Å². The van der Waals surface area contributed by atoms with E-state index >= 15 is 0 Å². The van der Waals surface area contributed by atoms with Crippen LogP contribution in [0.25, 0.3) is 0 Å². The van der Waals surface area contributed by atoms with E-state index in [1.54, 1.807) is 24.3 Å². The van der Waals surface area contributed by atoms with E-state index in [4.69, 9.17) is 9.47 Å². The number of aryl methyl sites for hydroxylation is 4. The average Bonchev–Trinajstić information content (AvgIpc) is 2.87. The number of ether oxygens (including phenoxy) is 2. The fraction of sp³-hybridized carbons (Fsp3) is 0.512. The highest BCUT2D eigenvalue weighted by Crippen LogP contribution is 2.55. The van der Waals surface area contributed by atoms with E-state index in [1.165, 1.54) is 34.2 Å². The van der Waals surface area contributed by atoms with Gasteiger partial charge >= 0.3 is 11.9 Å². The summed E-state index contributed by atoms with van der Waals surface area (Å²) in [5.41, 5.74) is 9.00. The minimum Gasteiger partial charge on any atom is -0.456 e. The van der Waals surface area contributed by atoms with E-state index in [9.17, 15) is 9.59 Å². The van der Waals surface area contributed by atoms with Gasteiger partial charge in [0.25, 0.3) is 0 Å². The summed E-state index contributed by atoms with van der Waals surface area (Å²) >= 11 is 0. The zero-order valence-corrected chi connectivity index (χ0v) is 30.0. The van der Waals surface area contributed by atoms with Crippen molar-refractivity contribution in [3.8, 4) is 5.75 Å². The van der Waals surface area contributed by atoms with Gasteiger partial charge in [0.2, 0.25) is 0 Å². The fourth-order valence-electron chi connectivity index (χ4n) is 8.22. The molecule has 3 aromatic rings. The van der Waals surface area contributed by atoms with Crippen LogP contribution in [0.15, 0.2) is 48.5 Å². The number of hydrogen-bond donors (Lipinski definition) is 0. The Morgan fingerprint density at radius 3 is 1.58 bits per heavy atom. The van der Waals surface area contributed by atoms with Crippen LogP contribution in [0.4, 0.5) is 0 Å². The van der Waals surface area contributed by atoms with Crippen LogP contribution in [-0.2, 0) is 15.6 Å². The average molecular weight is 611 g/mol. The quantitative estimate of drug-likeness (QED) is 0.213. The van der Waals surface area contributed by atoms with E-state index in [1.807, 2.05) is 34.6 Å². The van der Waals surface area contributed by atoms with Crippen molar-refractivity contribution >= 4 is 11.9 Å². The molecule has 2 unspecified atom stereocenters. The molecule has 0 spiro atoms. The minimum absolute atomic E-state index is 0.0771. The Labute approximate surface area is 271 Å². The smallest absolute Gasteiger partial charge is 0.343 e. The highest BCUT2D eigenvalue weighted by Gasteiger charge is 2.46. The number of rotatable bonds is 5. The van der Waals surface area contributed by atoms with Gasteiger partial charge in [-0.2, -0.15) is 0 Å². The first-order valence-corrected chi connectivity index (χ1v) is 16.4. The van der Waals surface area contributed by atoms with Gasteiger partial charge in [-0.3, -0.25) is 0 Å². The van der Waals surface area contributed by atoms with Crippen molar-refractivity contribution in [1.82, 2.24) is 0 Å². The standard InChI is InChI=1S/C41H54O4/c1-25-22-40(12,13)24-41(23-25,32-18-26(2)34(27(3)19-32)38(6,7)8)33-20-28(4)35(29(5)21-33)44-36(42)30-14-16-31(17-15-30)37(43)45-39(9,10)11/h14-21,25H,22-24H2,1-13H3. The predicted octanol–water partition coefficient (Wildman–Crippen LogP) is 10.5. The highest BCUT2D eigenvalue weighted by atomic mass is 16.6. The predicted molar refractivity (Wildman–Crippen MR) is 185 cm³/mol. The lowest BCUT2D eigenvalue weighted by atomic mass is 9.55. The lowest BCUT2D eigenvalue weighted by Crippen LogP contribution is -2.41. The Morgan fingerprint density at radius 1 is 0.711 bits per heavy atom. The van der Waals surface area contributed by atoms with Crippen molar-refractivity contribution in [1.29, 1.82) is 0 Å². The monoisotopic (exact) mass is 610 g/mol. The first-order valence-electron chi connectivity index (χ1n) is 16.4. The van der Waals surface area contributed by atoms with Crippen LogP contribution in [0.2, 0.25) is 0 Å². The number of hydrogen-bond acceptors (Lipinski definition) is 4. The molecule has 2 atom stereocenters. The molecule has 1 saturated carbocycles. The van der Waals surface area contributed by atoms with Gasteiger partial charge in [-0.15, -0.1) is 0 Å². The van der Waals surface area contributed by atoms with Gasteiger partial charge in [0.05, 0.1) is 11.1 Å². The van der Waals surface area contributed by atoms with Crippen molar-refractivity contribution in [2.24, 2.45) is 11.3 Å². The molecule has 0 N–H and O–H groups in total. The summed E-state index contributed by atoms with van der Waals surface area (Å²) < 4.78 is 11.5. The van der Waals surface area contributed by atoms with Gasteiger partial charge in [-0.05, 0) is 148 Å². The van der Waals surface area contributed by atoms with E-state index in [0.717, 1.165) is 24.0 Å². The molecule has 45 heavy (non-hydrogen) atoms. The molecule has 1 aliphatic carbocycles. The van der Waals surface area contributed by atoms with Crippen LogP contribution >= 0.6 is 0 Å². The lowest BCUT2D eigenvalue weighted by Gasteiger charge is -2.49. The van der Waals surface area contributed by atoms with E-state index < -0.39 is 17.5 Å². The van der Waals surface area contributed by atoms with Gasteiger partial charge in [0, 0.05) is 5.41 Å². The molecule has 0 bridgehead atoms. The van der Waals surface area contributed by atoms with Crippen LogP contribution in [0.3, 0.4) is 0 Å². The third-order valence-corrected chi connectivity index (χ3v) is 9.18. The Kier molecular flexibility index (Phi) is 9.25. The van der Waals surface area contributed by atoms with Crippen LogP contribution in [0, 0.1) is 39.0 Å². The molecule has 0 heterocycles. The summed E-state index contributed by atoms with van der Waals surface area (Å²) in [6.45, 7) is 28.2. The summed E-state index contributed by atoms with van der Waals surface area (Å²) in [7, 11) is 0. The van der Waals surface area contributed by atoms with Crippen LogP contribution in [0.5, 0.6) is 5.75 Å². The van der Waals surface area contributed by atoms with Gasteiger partial charge < -0.3 is 9.47 Å². The molecule has 242 valence electrons. The zero-order valence-electron chi connectivity index (χ0n) is 30.0. The minimum atomic E-state index is -0.590. The van der Waals surface area contributed by atoms with Crippen LogP contribution in [0.1, 0.15) is 141 Å². The molecule has 1 fully saturated rings. The highest BCUT2D eigenvalue weighted by molar-refractivity contribution is 5.94. The van der Waals surface area contributed by atoms with Gasteiger partial charge in [0.15, 0.2) is 0 Å². The summed E-state index contributed by atoms with van der Waals surface area (Å²) in [6.07, 6.45) is 3.33. The fourth-order valence-corrected chi connectivity index (χ4v) is 8.22. The molecule has 4 rings (SSSR count). The van der Waals surface area contributed by atoms with Gasteiger partial charge in [-0.25, -0.2) is 9.59 Å². The van der Waals surface area contributed by atoms with Crippen molar-refractivity contribution in [3.63, 3.8) is 0 Å². The largest absolute Gasteiger partial charge is 0.456 e. The topological polar surface area (TPSA) is 52.6 Å². The summed E-state index contributed by atoms with van der Waals surface area (Å²) in [6, 6.07) is 15.8. The van der Waals surface area contributed by atoms with Crippen LogP contribution < -0.4 is 4.74 Å². The Hall–Kier alpha value is -3.40. The Bertz CT molecular complexity index is 1550. The van der Waals surface area contributed by atoms with E-state index in [2.05, 4.69) is 79.7 Å². The van der Waals surface area contributed by atoms with Crippen molar-refractivity contribution in [3.05, 3.63) is 98.6 Å². The number of carbonyl (C=O) groups excluding carboxylic acids is 2. The second-order valence-electron chi connectivity index (χ2n) is 16.6. The van der Waals surface area contributed by atoms with Crippen molar-refractivity contribution in [2.45, 2.75) is 126 Å². The van der Waals surface area contributed by atoms with Crippen LogP contribution in [-0.4, -0.2) is 17.5 Å². The Balaban J connectivity index is 1.73. The summed E-state index contributed by atoms with van der Waals surface area (Å²) in [4.78, 5) is 25.7. The molecule has 0 saturated heterocycles. The zero-order chi connectivity index (χ0) is 33.7. The number of esters is 2. The molecule has 4 heteroatoms.